The number of hydrogen-bond acceptors (Lipinski definition) is 4. The van der Waals surface area contributed by atoms with Gasteiger partial charge in [-0.25, -0.2) is 17.8 Å². The first-order valence-electron chi connectivity index (χ1n) is 5.74. The Morgan fingerprint density at radius 2 is 2.19 bits per heavy atom. The van der Waals surface area contributed by atoms with E-state index in [1.54, 1.807) is 0 Å². The van der Waals surface area contributed by atoms with Gasteiger partial charge in [-0.1, -0.05) is 11.6 Å². The Kier molecular flexibility index (Phi) is 4.29. The number of rotatable bonds is 4. The highest BCUT2D eigenvalue weighted by atomic mass is 35.5. The minimum atomic E-state index is -3.90. The number of amides is 1. The van der Waals surface area contributed by atoms with Crippen molar-refractivity contribution >= 4 is 33.0 Å². The Morgan fingerprint density at radius 3 is 2.76 bits per heavy atom. The second kappa shape index (κ2) is 5.82. The van der Waals surface area contributed by atoms with Crippen molar-refractivity contribution in [3.05, 3.63) is 41.4 Å². The molecule has 0 aliphatic heterocycles. The molecule has 0 saturated heterocycles. The molecule has 0 unspecified atom stereocenters. The maximum Gasteiger partial charge on any atom is 0.240 e. The number of carbonyl (C=O) groups is 1. The highest BCUT2D eigenvalue weighted by molar-refractivity contribution is 7.92. The second-order valence-corrected chi connectivity index (χ2v) is 6.57. The average molecular weight is 332 g/mol. The minimum Gasteiger partial charge on any atom is -0.325 e. The lowest BCUT2D eigenvalue weighted by Crippen LogP contribution is -2.25. The largest absolute Gasteiger partial charge is 0.325 e. The highest BCUT2D eigenvalue weighted by Gasteiger charge is 2.23. The first kappa shape index (κ1) is 15.5. The molecule has 1 amide bonds. The summed E-state index contributed by atoms with van der Waals surface area (Å²) in [5.74, 6) is -2.44. The van der Waals surface area contributed by atoms with E-state index in [0.717, 1.165) is 6.07 Å². The molecule has 2 aromatic rings. The van der Waals surface area contributed by atoms with Crippen LogP contribution < -0.4 is 5.32 Å². The highest BCUT2D eigenvalue weighted by Crippen LogP contribution is 2.19. The molecule has 0 bridgehead atoms. The normalized spacial score (nSPS) is 11.4. The summed E-state index contributed by atoms with van der Waals surface area (Å²) in [7, 11) is -2.40. The Balaban J connectivity index is 2.13. The Labute approximate surface area is 125 Å². The molecule has 0 aliphatic rings. The summed E-state index contributed by atoms with van der Waals surface area (Å²) in [5.41, 5.74) is -0.139. The number of carbonyl (C=O) groups excluding carboxylic acids is 1. The van der Waals surface area contributed by atoms with Crippen LogP contribution in [0.5, 0.6) is 0 Å². The van der Waals surface area contributed by atoms with Crippen molar-refractivity contribution in [3.63, 3.8) is 0 Å². The fourth-order valence-corrected chi connectivity index (χ4v) is 3.09. The zero-order valence-corrected chi connectivity index (χ0v) is 12.4. The molecule has 0 spiro atoms. The Hall–Kier alpha value is -1.93. The Bertz CT molecular complexity index is 789. The van der Waals surface area contributed by atoms with Crippen molar-refractivity contribution in [2.24, 2.45) is 7.05 Å². The van der Waals surface area contributed by atoms with Crippen LogP contribution in [0.15, 0.2) is 35.7 Å². The third-order valence-corrected chi connectivity index (χ3v) is 4.41. The van der Waals surface area contributed by atoms with E-state index < -0.39 is 27.3 Å². The van der Waals surface area contributed by atoms with Gasteiger partial charge in [0.2, 0.25) is 20.9 Å². The monoisotopic (exact) mass is 331 g/mol. The van der Waals surface area contributed by atoms with Crippen LogP contribution in [-0.2, 0) is 21.7 Å². The first-order chi connectivity index (χ1) is 9.79. The first-order valence-corrected chi connectivity index (χ1v) is 7.77. The smallest absolute Gasteiger partial charge is 0.240 e. The average Bonchev–Trinajstić information content (AvgIpc) is 2.79. The van der Waals surface area contributed by atoms with E-state index in [1.807, 2.05) is 0 Å². The molecule has 1 aromatic carbocycles. The number of aryl methyl sites for hydroxylation is 1. The van der Waals surface area contributed by atoms with E-state index in [2.05, 4.69) is 10.3 Å². The zero-order chi connectivity index (χ0) is 15.6. The van der Waals surface area contributed by atoms with Crippen molar-refractivity contribution < 1.29 is 17.6 Å². The number of halogens is 2. The number of anilines is 1. The van der Waals surface area contributed by atoms with E-state index in [-0.39, 0.29) is 15.9 Å². The predicted octanol–water partition coefficient (Wildman–Crippen LogP) is 1.62. The van der Waals surface area contributed by atoms with E-state index >= 15 is 0 Å². The third-order valence-electron chi connectivity index (χ3n) is 2.58. The number of nitrogens with one attached hydrogen (secondary N) is 1. The number of benzene rings is 1. The lowest BCUT2D eigenvalue weighted by molar-refractivity contribution is -0.113. The molecule has 0 radical (unpaired) electrons. The van der Waals surface area contributed by atoms with Gasteiger partial charge in [-0.05, 0) is 18.2 Å². The third kappa shape index (κ3) is 3.59. The molecule has 0 saturated carbocycles. The maximum atomic E-state index is 13.5. The van der Waals surface area contributed by atoms with Gasteiger partial charge in [0.1, 0.15) is 11.6 Å². The number of aromatic nitrogens is 2. The van der Waals surface area contributed by atoms with E-state index in [9.17, 15) is 17.6 Å². The summed E-state index contributed by atoms with van der Waals surface area (Å²) < 4.78 is 38.8. The number of hydrogen-bond donors (Lipinski definition) is 1. The molecule has 0 atom stereocenters. The predicted molar refractivity (Wildman–Crippen MR) is 75.3 cm³/mol. The molecule has 1 heterocycles. The van der Waals surface area contributed by atoms with Crippen molar-refractivity contribution in [1.82, 2.24) is 9.55 Å². The van der Waals surface area contributed by atoms with Gasteiger partial charge in [0.25, 0.3) is 0 Å². The SMILES string of the molecule is Cn1ccnc1S(=O)(=O)CC(=O)Nc1ccc(Cl)cc1F. The Morgan fingerprint density at radius 1 is 1.48 bits per heavy atom. The molecular formula is C12H11ClFN3O3S. The zero-order valence-electron chi connectivity index (χ0n) is 10.9. The molecule has 1 aromatic heterocycles. The van der Waals surface area contributed by atoms with Crippen molar-refractivity contribution in [1.29, 1.82) is 0 Å². The summed E-state index contributed by atoms with van der Waals surface area (Å²) in [4.78, 5) is 15.4. The van der Waals surface area contributed by atoms with Crippen LogP contribution >= 0.6 is 11.6 Å². The van der Waals surface area contributed by atoms with Gasteiger partial charge < -0.3 is 9.88 Å². The summed E-state index contributed by atoms with van der Waals surface area (Å²) >= 11 is 5.59. The van der Waals surface area contributed by atoms with Gasteiger partial charge in [0.15, 0.2) is 0 Å². The summed E-state index contributed by atoms with van der Waals surface area (Å²) in [5, 5.41) is 2.13. The molecule has 0 aliphatic carbocycles. The van der Waals surface area contributed by atoms with Crippen LogP contribution in [-0.4, -0.2) is 29.6 Å². The molecule has 21 heavy (non-hydrogen) atoms. The minimum absolute atomic E-state index is 0.139. The molecule has 1 N–H and O–H groups in total. The number of sulfone groups is 1. The lowest BCUT2D eigenvalue weighted by Gasteiger charge is -2.07. The van der Waals surface area contributed by atoms with E-state index in [1.165, 1.54) is 36.1 Å². The molecule has 2 rings (SSSR count). The summed E-state index contributed by atoms with van der Waals surface area (Å²) in [6.07, 6.45) is 2.76. The van der Waals surface area contributed by atoms with Gasteiger partial charge in [-0.15, -0.1) is 0 Å². The second-order valence-electron chi connectivity index (χ2n) is 4.25. The van der Waals surface area contributed by atoms with Crippen LogP contribution in [0.3, 0.4) is 0 Å². The molecule has 9 heteroatoms. The van der Waals surface area contributed by atoms with Gasteiger partial charge >= 0.3 is 0 Å². The lowest BCUT2D eigenvalue weighted by atomic mass is 10.3. The van der Waals surface area contributed by atoms with Gasteiger partial charge in [0.05, 0.1) is 5.69 Å². The van der Waals surface area contributed by atoms with Gasteiger partial charge in [-0.2, -0.15) is 0 Å². The topological polar surface area (TPSA) is 81.1 Å². The number of imidazole rings is 1. The fraction of sp³-hybridized carbons (Fsp3) is 0.167. The quantitative estimate of drug-likeness (QED) is 0.923. The van der Waals surface area contributed by atoms with Crippen LogP contribution in [0, 0.1) is 5.82 Å². The standard InChI is InChI=1S/C12H11ClFN3O3S/c1-17-5-4-15-12(17)21(19,20)7-11(18)16-10-3-2-8(13)6-9(10)14/h2-6H,7H2,1H3,(H,16,18). The van der Waals surface area contributed by atoms with Gasteiger partial charge in [0, 0.05) is 24.5 Å². The van der Waals surface area contributed by atoms with E-state index in [4.69, 9.17) is 11.6 Å². The molecule has 0 fully saturated rings. The number of nitrogens with zero attached hydrogens (tertiary/aromatic N) is 2. The molecule has 6 nitrogen and oxygen atoms in total. The molecular weight excluding hydrogens is 321 g/mol. The van der Waals surface area contributed by atoms with Crippen molar-refractivity contribution in [2.45, 2.75) is 5.16 Å². The summed E-state index contributed by atoms with van der Waals surface area (Å²) in [6, 6.07) is 3.65. The van der Waals surface area contributed by atoms with Crippen molar-refractivity contribution in [3.8, 4) is 0 Å². The van der Waals surface area contributed by atoms with E-state index in [0.29, 0.717) is 0 Å². The van der Waals surface area contributed by atoms with Crippen molar-refractivity contribution in [2.75, 3.05) is 11.1 Å². The van der Waals surface area contributed by atoms with Gasteiger partial charge in [-0.3, -0.25) is 4.79 Å². The fourth-order valence-electron chi connectivity index (χ4n) is 1.67. The molecule has 112 valence electrons. The maximum absolute atomic E-state index is 13.5. The van der Waals surface area contributed by atoms with Crippen LogP contribution in [0.25, 0.3) is 0 Å². The van der Waals surface area contributed by atoms with Crippen LogP contribution in [0.2, 0.25) is 5.02 Å². The van der Waals surface area contributed by atoms with Crippen LogP contribution in [0.4, 0.5) is 10.1 Å². The van der Waals surface area contributed by atoms with Crippen LogP contribution in [0.1, 0.15) is 0 Å². The summed E-state index contributed by atoms with van der Waals surface area (Å²) in [6.45, 7) is 0.